The maximum atomic E-state index is 13.0. The second kappa shape index (κ2) is 8.09. The smallest absolute Gasteiger partial charge is 0.184 e. The molecule has 0 radical (unpaired) electrons. The molecule has 0 amide bonds. The summed E-state index contributed by atoms with van der Waals surface area (Å²) < 4.78 is 0. The third-order valence-corrected chi connectivity index (χ3v) is 6.46. The van der Waals surface area contributed by atoms with E-state index in [9.17, 15) is 9.90 Å². The zero-order valence-corrected chi connectivity index (χ0v) is 18.0. The van der Waals surface area contributed by atoms with E-state index in [1.165, 1.54) is 5.56 Å². The first-order chi connectivity index (χ1) is 14.4. The van der Waals surface area contributed by atoms with Crippen LogP contribution < -0.4 is 0 Å². The van der Waals surface area contributed by atoms with Crippen LogP contribution in [0, 0.1) is 24.2 Å². The number of carbonyl (C=O) groups excluding carboxylic acids is 1. The molecule has 2 aliphatic carbocycles. The Balaban J connectivity index is 1.57. The monoisotopic (exact) mass is 396 g/mol. The van der Waals surface area contributed by atoms with E-state index in [1.54, 1.807) is 0 Å². The average Bonchev–Trinajstić information content (AvgIpc) is 2.72. The van der Waals surface area contributed by atoms with Crippen LogP contribution in [0.1, 0.15) is 61.8 Å². The van der Waals surface area contributed by atoms with E-state index in [4.69, 9.17) is 0 Å². The molecule has 1 N–H and O–H groups in total. The molecule has 2 heteroatoms. The molecule has 2 aromatic carbocycles. The lowest BCUT2D eigenvalue weighted by Crippen LogP contribution is -2.38. The van der Waals surface area contributed by atoms with Crippen LogP contribution in [-0.4, -0.2) is 17.0 Å². The maximum Gasteiger partial charge on any atom is 0.184 e. The van der Waals surface area contributed by atoms with Crippen molar-refractivity contribution in [1.29, 1.82) is 0 Å². The van der Waals surface area contributed by atoms with Crippen LogP contribution in [0.3, 0.4) is 0 Å². The highest BCUT2D eigenvalue weighted by Gasteiger charge is 2.43. The number of fused-ring (bicyclic) bond motifs is 1. The summed E-state index contributed by atoms with van der Waals surface area (Å²) in [6, 6.07) is 16.2. The normalized spacial score (nSPS) is 25.0. The van der Waals surface area contributed by atoms with Gasteiger partial charge in [-0.1, -0.05) is 48.6 Å². The molecule has 2 nitrogen and oxygen atoms in total. The van der Waals surface area contributed by atoms with Gasteiger partial charge in [-0.15, -0.1) is 0 Å². The summed E-state index contributed by atoms with van der Waals surface area (Å²) in [4.78, 5) is 13.0. The summed E-state index contributed by atoms with van der Waals surface area (Å²) in [5, 5.41) is 10.5. The highest BCUT2D eigenvalue weighted by atomic mass is 16.3. The zero-order chi connectivity index (χ0) is 21.3. The van der Waals surface area contributed by atoms with Crippen LogP contribution in [0.2, 0.25) is 0 Å². The summed E-state index contributed by atoms with van der Waals surface area (Å²) in [7, 11) is 0. The fraction of sp³-hybridized carbons (Fsp3) is 0.321. The molecule has 0 unspecified atom stereocenters. The number of hydrogen-bond donors (Lipinski definition) is 1. The van der Waals surface area contributed by atoms with E-state index in [-0.39, 0.29) is 11.2 Å². The van der Waals surface area contributed by atoms with Gasteiger partial charge in [0.15, 0.2) is 5.78 Å². The highest BCUT2D eigenvalue weighted by Crippen LogP contribution is 2.50. The van der Waals surface area contributed by atoms with Gasteiger partial charge in [0.05, 0.1) is 6.10 Å². The van der Waals surface area contributed by atoms with Gasteiger partial charge in [0, 0.05) is 16.7 Å². The van der Waals surface area contributed by atoms with E-state index in [0.717, 1.165) is 52.7 Å². The summed E-state index contributed by atoms with van der Waals surface area (Å²) in [6.07, 6.45) is 5.02. The first-order valence-electron chi connectivity index (χ1n) is 10.7. The minimum Gasteiger partial charge on any atom is -0.389 e. The quantitative estimate of drug-likeness (QED) is 0.502. The number of ketones is 1. The van der Waals surface area contributed by atoms with Crippen molar-refractivity contribution in [1.82, 2.24) is 0 Å². The Morgan fingerprint density at radius 2 is 1.60 bits per heavy atom. The van der Waals surface area contributed by atoms with Crippen molar-refractivity contribution in [3.05, 3.63) is 87.5 Å². The van der Waals surface area contributed by atoms with Gasteiger partial charge in [0.25, 0.3) is 0 Å². The number of aryl methyl sites for hydroxylation is 1. The molecule has 30 heavy (non-hydrogen) atoms. The SMILES string of the molecule is CC1=C2[C@@H](O)CCC[C@@]2(C)C/C(=C\c2ccc(C#Cc3ccc(C)cc3)cc2)C1=O. The zero-order valence-electron chi connectivity index (χ0n) is 18.0. The molecule has 2 atom stereocenters. The van der Waals surface area contributed by atoms with Crippen molar-refractivity contribution in [2.24, 2.45) is 5.41 Å². The number of rotatable bonds is 1. The Labute approximate surface area is 179 Å². The molecule has 0 bridgehead atoms. The molecule has 0 saturated heterocycles. The molecule has 1 fully saturated rings. The number of Topliss-reactive ketones (excluding diaryl/α,β-unsaturated/α-hetero) is 1. The second-order valence-corrected chi connectivity index (χ2v) is 8.92. The average molecular weight is 397 g/mol. The highest BCUT2D eigenvalue weighted by molar-refractivity contribution is 6.12. The molecule has 0 aliphatic heterocycles. The van der Waals surface area contributed by atoms with Gasteiger partial charge in [-0.3, -0.25) is 4.79 Å². The van der Waals surface area contributed by atoms with Gasteiger partial charge in [0.1, 0.15) is 0 Å². The first-order valence-corrected chi connectivity index (χ1v) is 10.7. The van der Waals surface area contributed by atoms with Crippen molar-refractivity contribution in [3.63, 3.8) is 0 Å². The number of benzene rings is 2. The fourth-order valence-corrected chi connectivity index (χ4v) is 4.88. The standard InChI is InChI=1S/C28H28O2/c1-19-6-8-21(9-7-19)10-11-22-12-14-23(15-13-22)17-24-18-28(3)16-4-5-25(29)26(28)20(2)27(24)30/h6-9,12-15,17,25,29H,4-5,16,18H2,1-3H3/b24-17+/t25-,28-/m0/s1. The fourth-order valence-electron chi connectivity index (χ4n) is 4.88. The van der Waals surface area contributed by atoms with Crippen LogP contribution in [0.15, 0.2) is 65.3 Å². The van der Waals surface area contributed by atoms with Gasteiger partial charge in [-0.05, 0) is 92.0 Å². The minimum absolute atomic E-state index is 0.0756. The summed E-state index contributed by atoms with van der Waals surface area (Å²) in [6.45, 7) is 6.13. The van der Waals surface area contributed by atoms with Crippen molar-refractivity contribution in [2.75, 3.05) is 0 Å². The lowest BCUT2D eigenvalue weighted by Gasteiger charge is -2.44. The van der Waals surface area contributed by atoms with Crippen LogP contribution in [0.25, 0.3) is 6.08 Å². The van der Waals surface area contributed by atoms with E-state index in [0.29, 0.717) is 6.42 Å². The predicted octanol–water partition coefficient (Wildman–Crippen LogP) is 5.62. The van der Waals surface area contributed by atoms with E-state index in [2.05, 4.69) is 37.8 Å². The Bertz CT molecular complexity index is 1090. The maximum absolute atomic E-state index is 13.0. The van der Waals surface area contributed by atoms with E-state index < -0.39 is 6.10 Å². The summed E-state index contributed by atoms with van der Waals surface area (Å²) in [5.74, 6) is 6.47. The number of carbonyl (C=O) groups is 1. The Hall–Kier alpha value is -2.89. The van der Waals surface area contributed by atoms with Gasteiger partial charge >= 0.3 is 0 Å². The molecule has 4 rings (SSSR count). The Morgan fingerprint density at radius 1 is 1.00 bits per heavy atom. The predicted molar refractivity (Wildman–Crippen MR) is 122 cm³/mol. The summed E-state index contributed by atoms with van der Waals surface area (Å²) in [5.41, 5.74) is 6.63. The van der Waals surface area contributed by atoms with Gasteiger partial charge < -0.3 is 5.11 Å². The first kappa shape index (κ1) is 20.4. The molecule has 2 aliphatic rings. The molecule has 0 spiro atoms. The van der Waals surface area contributed by atoms with E-state index in [1.807, 2.05) is 49.4 Å². The lowest BCUT2D eigenvalue weighted by molar-refractivity contribution is -0.113. The molecule has 0 aromatic heterocycles. The van der Waals surface area contributed by atoms with Gasteiger partial charge in [-0.25, -0.2) is 0 Å². The van der Waals surface area contributed by atoms with Crippen LogP contribution in [0.4, 0.5) is 0 Å². The summed E-state index contributed by atoms with van der Waals surface area (Å²) >= 11 is 0. The van der Waals surface area contributed by atoms with Crippen LogP contribution in [0.5, 0.6) is 0 Å². The van der Waals surface area contributed by atoms with Gasteiger partial charge in [0.2, 0.25) is 0 Å². The van der Waals surface area contributed by atoms with E-state index >= 15 is 0 Å². The second-order valence-electron chi connectivity index (χ2n) is 8.92. The molecule has 2 aromatic rings. The molecular weight excluding hydrogens is 368 g/mol. The number of hydrogen-bond acceptors (Lipinski definition) is 2. The molecule has 1 saturated carbocycles. The largest absolute Gasteiger partial charge is 0.389 e. The number of aliphatic hydroxyl groups is 1. The van der Waals surface area contributed by atoms with Crippen molar-refractivity contribution in [2.45, 2.75) is 52.6 Å². The third-order valence-electron chi connectivity index (χ3n) is 6.46. The number of aliphatic hydroxyl groups excluding tert-OH is 1. The van der Waals surface area contributed by atoms with Crippen molar-refractivity contribution in [3.8, 4) is 11.8 Å². The topological polar surface area (TPSA) is 37.3 Å². The Kier molecular flexibility index (Phi) is 5.50. The molecular formula is C28H28O2. The van der Waals surface area contributed by atoms with Crippen LogP contribution >= 0.6 is 0 Å². The number of allylic oxidation sites excluding steroid dienone is 2. The lowest BCUT2D eigenvalue weighted by atomic mass is 9.61. The Morgan fingerprint density at radius 3 is 2.23 bits per heavy atom. The molecule has 152 valence electrons. The van der Waals surface area contributed by atoms with Crippen molar-refractivity contribution < 1.29 is 9.90 Å². The van der Waals surface area contributed by atoms with Crippen LogP contribution in [-0.2, 0) is 4.79 Å². The molecule has 0 heterocycles. The van der Waals surface area contributed by atoms with Gasteiger partial charge in [-0.2, -0.15) is 0 Å². The minimum atomic E-state index is -0.472. The third kappa shape index (κ3) is 4.04. The van der Waals surface area contributed by atoms with Crippen molar-refractivity contribution >= 4 is 11.9 Å².